The van der Waals surface area contributed by atoms with Crippen molar-refractivity contribution in [2.45, 2.75) is 25.3 Å². The summed E-state index contributed by atoms with van der Waals surface area (Å²) in [5.74, 6) is -5.60. The Labute approximate surface area is 172 Å². The molecular formula is C25H23NO2. The van der Waals surface area contributed by atoms with E-state index >= 15 is 0 Å². The van der Waals surface area contributed by atoms with Gasteiger partial charge in [-0.05, 0) is 17.5 Å². The zero-order valence-corrected chi connectivity index (χ0v) is 15.5. The van der Waals surface area contributed by atoms with Crippen LogP contribution in [0, 0.1) is 17.2 Å². The summed E-state index contributed by atoms with van der Waals surface area (Å²) in [7, 11) is 0. The second kappa shape index (κ2) is 6.30. The van der Waals surface area contributed by atoms with Crippen molar-refractivity contribution in [2.24, 2.45) is 17.2 Å². The van der Waals surface area contributed by atoms with E-state index in [2.05, 4.69) is 0 Å². The first-order chi connectivity index (χ1) is 15.7. The third kappa shape index (κ3) is 2.22. The molecule has 6 rings (SSSR count). The number of benzene rings is 2. The van der Waals surface area contributed by atoms with Crippen molar-refractivity contribution < 1.29 is 16.4 Å². The van der Waals surface area contributed by atoms with E-state index in [1.54, 1.807) is 30.3 Å². The second-order valence-electron chi connectivity index (χ2n) is 7.44. The summed E-state index contributed by atoms with van der Waals surface area (Å²) in [5.41, 5.74) is -0.741. The maximum absolute atomic E-state index is 14.1. The SMILES string of the molecule is [2H]C1=C([2H])C23C(=O)N(C(CC)c4ccccc4)C(=O)[C@H]2[C@H](c2ccccc2)C1([2H])C([2H])=C3[2H]. The minimum atomic E-state index is -2.08. The number of allylic oxidation sites excluding steroid dienone is 2. The van der Waals surface area contributed by atoms with Crippen LogP contribution in [0.3, 0.4) is 0 Å². The average Bonchev–Trinajstić information content (AvgIpc) is 3.06. The second-order valence-corrected chi connectivity index (χ2v) is 7.44. The summed E-state index contributed by atoms with van der Waals surface area (Å²) in [5, 5.41) is 0. The van der Waals surface area contributed by atoms with Gasteiger partial charge in [0, 0.05) is 13.2 Å². The lowest BCUT2D eigenvalue weighted by atomic mass is 9.57. The lowest BCUT2D eigenvalue weighted by Gasteiger charge is -2.42. The van der Waals surface area contributed by atoms with Crippen molar-refractivity contribution in [3.8, 4) is 0 Å². The highest BCUT2D eigenvalue weighted by atomic mass is 16.2. The summed E-state index contributed by atoms with van der Waals surface area (Å²) in [6, 6.07) is 15.3. The van der Waals surface area contributed by atoms with Gasteiger partial charge < -0.3 is 0 Å². The molecule has 4 aliphatic rings. The number of likely N-dealkylation sites (tertiary alicyclic amines) is 1. The molecule has 0 radical (unpaired) electrons. The number of nitrogens with zero attached hydrogens (tertiary/aromatic N) is 1. The number of amides is 2. The van der Waals surface area contributed by atoms with Crippen LogP contribution in [0.15, 0.2) is 84.9 Å². The van der Waals surface area contributed by atoms with Crippen LogP contribution in [0.2, 0.25) is 0 Å². The van der Waals surface area contributed by atoms with Crippen molar-refractivity contribution in [3.63, 3.8) is 0 Å². The van der Waals surface area contributed by atoms with Crippen molar-refractivity contribution in [2.75, 3.05) is 0 Å². The minimum Gasteiger partial charge on any atom is -0.274 e. The largest absolute Gasteiger partial charge is 0.274 e. The first-order valence-corrected chi connectivity index (χ1v) is 9.58. The van der Waals surface area contributed by atoms with E-state index in [4.69, 9.17) is 6.85 Å². The summed E-state index contributed by atoms with van der Waals surface area (Å²) in [4.78, 5) is 29.2. The monoisotopic (exact) mass is 374 g/mol. The summed E-state index contributed by atoms with van der Waals surface area (Å²) < 4.78 is 43.9. The predicted octanol–water partition coefficient (Wildman–Crippen LogP) is 4.65. The highest BCUT2D eigenvalue weighted by molar-refractivity contribution is 6.11. The number of hydrogen-bond donors (Lipinski definition) is 0. The van der Waals surface area contributed by atoms with Gasteiger partial charge in [0.2, 0.25) is 11.8 Å². The van der Waals surface area contributed by atoms with Crippen molar-refractivity contribution in [1.29, 1.82) is 0 Å². The molecule has 0 N–H and O–H groups in total. The summed E-state index contributed by atoms with van der Waals surface area (Å²) >= 11 is 0. The summed E-state index contributed by atoms with van der Waals surface area (Å²) in [6.07, 6.45) is 0.432. The molecule has 1 unspecified atom stereocenters. The fourth-order valence-electron chi connectivity index (χ4n) is 4.69. The molecule has 2 bridgehead atoms. The van der Waals surface area contributed by atoms with Gasteiger partial charge in [-0.25, -0.2) is 0 Å². The van der Waals surface area contributed by atoms with E-state index in [0.717, 1.165) is 10.5 Å². The van der Waals surface area contributed by atoms with E-state index in [1.165, 1.54) is 0 Å². The highest BCUT2D eigenvalue weighted by Crippen LogP contribution is 2.58. The molecule has 1 aliphatic heterocycles. The predicted molar refractivity (Wildman–Crippen MR) is 108 cm³/mol. The van der Waals surface area contributed by atoms with Gasteiger partial charge in [0.1, 0.15) is 0 Å². The van der Waals surface area contributed by atoms with Crippen LogP contribution in [0.5, 0.6) is 0 Å². The molecule has 3 aliphatic carbocycles. The van der Waals surface area contributed by atoms with Gasteiger partial charge in [0.05, 0.1) is 22.9 Å². The van der Waals surface area contributed by atoms with Crippen molar-refractivity contribution in [3.05, 3.63) is 96.0 Å². The maximum Gasteiger partial charge on any atom is 0.244 e. The van der Waals surface area contributed by atoms with E-state index < -0.39 is 65.2 Å². The molecule has 1 fully saturated rings. The molecule has 1 spiro atoms. The van der Waals surface area contributed by atoms with Crippen molar-refractivity contribution >= 4 is 11.8 Å². The number of carbonyl (C=O) groups is 2. The van der Waals surface area contributed by atoms with Gasteiger partial charge in [-0.1, -0.05) is 91.8 Å². The first-order valence-electron chi connectivity index (χ1n) is 12.1. The molecule has 3 heteroatoms. The van der Waals surface area contributed by atoms with Crippen LogP contribution < -0.4 is 0 Å². The molecule has 3 atom stereocenters. The van der Waals surface area contributed by atoms with E-state index in [1.807, 2.05) is 37.3 Å². The average molecular weight is 374 g/mol. The zero-order valence-electron chi connectivity index (χ0n) is 20.5. The Morgan fingerprint density at radius 2 is 1.64 bits per heavy atom. The molecule has 2 aromatic rings. The van der Waals surface area contributed by atoms with Crippen LogP contribution >= 0.6 is 0 Å². The minimum absolute atomic E-state index is 0.432. The lowest BCUT2D eigenvalue weighted by Crippen LogP contribution is -2.42. The first kappa shape index (κ1) is 12.5. The molecule has 140 valence electrons. The molecule has 1 heterocycles. The molecule has 0 saturated carbocycles. The molecule has 28 heavy (non-hydrogen) atoms. The molecule has 2 amide bonds. The van der Waals surface area contributed by atoms with Gasteiger partial charge in [0.15, 0.2) is 0 Å². The van der Waals surface area contributed by atoms with Gasteiger partial charge in [-0.15, -0.1) is 0 Å². The van der Waals surface area contributed by atoms with Crippen LogP contribution in [0.25, 0.3) is 0 Å². The fraction of sp³-hybridized carbons (Fsp3) is 0.280. The van der Waals surface area contributed by atoms with Crippen LogP contribution in [0.1, 0.15) is 43.3 Å². The van der Waals surface area contributed by atoms with Gasteiger partial charge in [-0.3, -0.25) is 14.5 Å². The van der Waals surface area contributed by atoms with Gasteiger partial charge in [0.25, 0.3) is 0 Å². The zero-order chi connectivity index (χ0) is 23.7. The smallest absolute Gasteiger partial charge is 0.244 e. The Kier molecular flexibility index (Phi) is 2.81. The van der Waals surface area contributed by atoms with E-state index in [9.17, 15) is 9.59 Å². The number of rotatable bonds is 4. The Balaban J connectivity index is 1.79. The quantitative estimate of drug-likeness (QED) is 0.577. The summed E-state index contributed by atoms with van der Waals surface area (Å²) in [6.45, 7) is 1.86. The molecule has 1 saturated heterocycles. The molecule has 0 aromatic heterocycles. The Bertz CT molecular complexity index is 1200. The number of carbonyl (C=O) groups excluding carboxylic acids is 2. The van der Waals surface area contributed by atoms with E-state index in [0.29, 0.717) is 12.0 Å². The molecule has 2 aromatic carbocycles. The number of imide groups is 1. The Hall–Kier alpha value is -2.94. The molecule has 3 nitrogen and oxygen atoms in total. The Morgan fingerprint density at radius 1 is 1.04 bits per heavy atom. The van der Waals surface area contributed by atoms with Crippen LogP contribution in [-0.2, 0) is 9.59 Å². The van der Waals surface area contributed by atoms with Gasteiger partial charge in [-0.2, -0.15) is 0 Å². The third-order valence-corrected chi connectivity index (χ3v) is 6.00. The fourth-order valence-corrected chi connectivity index (χ4v) is 4.69. The Morgan fingerprint density at radius 3 is 2.25 bits per heavy atom. The maximum atomic E-state index is 14.1. The van der Waals surface area contributed by atoms with E-state index in [-0.39, 0.29) is 0 Å². The number of hydrogen-bond acceptors (Lipinski definition) is 2. The van der Waals surface area contributed by atoms with Crippen LogP contribution in [-0.4, -0.2) is 16.7 Å². The third-order valence-electron chi connectivity index (χ3n) is 6.00. The highest BCUT2D eigenvalue weighted by Gasteiger charge is 2.64. The topological polar surface area (TPSA) is 37.4 Å². The van der Waals surface area contributed by atoms with Gasteiger partial charge >= 0.3 is 0 Å². The molecular weight excluding hydrogens is 346 g/mol. The van der Waals surface area contributed by atoms with Crippen LogP contribution in [0.4, 0.5) is 0 Å². The van der Waals surface area contributed by atoms with Crippen molar-refractivity contribution in [1.82, 2.24) is 4.90 Å². The lowest BCUT2D eigenvalue weighted by molar-refractivity contribution is -0.143. The normalized spacial score (nSPS) is 37.9. The standard InChI is InChI=1S/C25H23NO2/c1-2-20(17-9-5-3-6-10-17)26-23(27)22-21(18-11-7-4-8-12-18)19-13-15-25(22,16-14-19)24(26)28/h3-16,19-22H,2H2,1H3/t19?,20?,21-,22-,25?/m1/s1/i13D,14D,15D,16D,19D.